The number of hydrogen-bond acceptors (Lipinski definition) is 2. The molecule has 8 heteroatoms. The maximum absolute atomic E-state index is 13.3. The average Bonchev–Trinajstić information content (AvgIpc) is 2.73. The van der Waals surface area contributed by atoms with Gasteiger partial charge in [0.05, 0.1) is 11.1 Å². The summed E-state index contributed by atoms with van der Waals surface area (Å²) < 4.78 is 78.4. The molecule has 0 atom stereocenters. The van der Waals surface area contributed by atoms with Gasteiger partial charge in [0.25, 0.3) is 0 Å². The van der Waals surface area contributed by atoms with Crippen molar-refractivity contribution in [3.63, 3.8) is 0 Å². The molecule has 4 N–H and O–H groups in total. The Bertz CT molecular complexity index is 1380. The summed E-state index contributed by atoms with van der Waals surface area (Å²) in [4.78, 5) is 0. The molecular formula is C26H18F6N2. The third-order valence-electron chi connectivity index (χ3n) is 4.92. The fourth-order valence-corrected chi connectivity index (χ4v) is 3.10. The predicted molar refractivity (Wildman–Crippen MR) is 120 cm³/mol. The lowest BCUT2D eigenvalue weighted by atomic mass is 10.0. The molecule has 0 aliphatic rings. The summed E-state index contributed by atoms with van der Waals surface area (Å²) in [5, 5.41) is 0. The minimum Gasteiger partial charge on any atom is -0.398 e. The monoisotopic (exact) mass is 472 g/mol. The summed E-state index contributed by atoms with van der Waals surface area (Å²) in [6.07, 6.45) is -9.01. The lowest BCUT2D eigenvalue weighted by molar-refractivity contribution is -0.138. The quantitative estimate of drug-likeness (QED) is 0.229. The molecule has 3 aromatic rings. The number of rotatable bonds is 0. The molecule has 0 fully saturated rings. The Hall–Kier alpha value is -4.04. The van der Waals surface area contributed by atoms with Crippen molar-refractivity contribution in [3.05, 3.63) is 93.0 Å². The Morgan fingerprint density at radius 1 is 0.588 bits per heavy atom. The van der Waals surface area contributed by atoms with Gasteiger partial charge in [0.1, 0.15) is 0 Å². The minimum atomic E-state index is -4.56. The van der Waals surface area contributed by atoms with E-state index in [1.807, 2.05) is 0 Å². The van der Waals surface area contributed by atoms with Crippen molar-refractivity contribution in [2.75, 3.05) is 11.5 Å². The third-order valence-corrected chi connectivity index (χ3v) is 4.92. The molecule has 0 saturated carbocycles. The van der Waals surface area contributed by atoms with Gasteiger partial charge in [-0.2, -0.15) is 26.3 Å². The van der Waals surface area contributed by atoms with E-state index in [2.05, 4.69) is 23.7 Å². The van der Waals surface area contributed by atoms with Gasteiger partial charge in [-0.1, -0.05) is 35.3 Å². The number of nitrogen functional groups attached to an aromatic ring is 2. The molecule has 0 aromatic heterocycles. The maximum atomic E-state index is 13.3. The van der Waals surface area contributed by atoms with E-state index >= 15 is 0 Å². The summed E-state index contributed by atoms with van der Waals surface area (Å²) in [5.41, 5.74) is 12.2. The molecular weight excluding hydrogens is 454 g/mol. The van der Waals surface area contributed by atoms with Gasteiger partial charge in [0, 0.05) is 33.6 Å². The van der Waals surface area contributed by atoms with Crippen molar-refractivity contribution in [3.8, 4) is 23.7 Å². The van der Waals surface area contributed by atoms with E-state index in [-0.39, 0.29) is 22.5 Å². The van der Waals surface area contributed by atoms with Crippen LogP contribution in [0.2, 0.25) is 0 Å². The first kappa shape index (κ1) is 24.6. The van der Waals surface area contributed by atoms with E-state index in [1.165, 1.54) is 37.3 Å². The topological polar surface area (TPSA) is 52.0 Å². The molecule has 0 bridgehead atoms. The van der Waals surface area contributed by atoms with Crippen molar-refractivity contribution in [1.29, 1.82) is 0 Å². The van der Waals surface area contributed by atoms with Crippen LogP contribution in [0.4, 0.5) is 37.7 Å². The third kappa shape index (κ3) is 5.65. The van der Waals surface area contributed by atoms with Crippen LogP contribution < -0.4 is 11.5 Å². The highest BCUT2D eigenvalue weighted by molar-refractivity contribution is 5.70. The highest BCUT2D eigenvalue weighted by atomic mass is 19.4. The van der Waals surface area contributed by atoms with E-state index in [0.29, 0.717) is 22.3 Å². The maximum Gasteiger partial charge on any atom is 0.417 e. The van der Waals surface area contributed by atoms with Crippen LogP contribution in [0, 0.1) is 37.5 Å². The van der Waals surface area contributed by atoms with Crippen LogP contribution in [0.5, 0.6) is 0 Å². The van der Waals surface area contributed by atoms with Crippen LogP contribution in [0.3, 0.4) is 0 Å². The first-order chi connectivity index (χ1) is 15.8. The minimum absolute atomic E-state index is 0.149. The first-order valence-electron chi connectivity index (χ1n) is 9.84. The molecule has 3 aromatic carbocycles. The Kier molecular flexibility index (Phi) is 6.56. The van der Waals surface area contributed by atoms with Gasteiger partial charge in [-0.15, -0.1) is 0 Å². The van der Waals surface area contributed by atoms with Crippen LogP contribution in [0.25, 0.3) is 0 Å². The normalized spacial score (nSPS) is 11.3. The highest BCUT2D eigenvalue weighted by Crippen LogP contribution is 2.33. The molecule has 0 aliphatic carbocycles. The summed E-state index contributed by atoms with van der Waals surface area (Å²) >= 11 is 0. The van der Waals surface area contributed by atoms with Crippen molar-refractivity contribution >= 4 is 11.4 Å². The van der Waals surface area contributed by atoms with Gasteiger partial charge in [-0.25, -0.2) is 0 Å². The lowest BCUT2D eigenvalue weighted by Crippen LogP contribution is -2.08. The van der Waals surface area contributed by atoms with Crippen molar-refractivity contribution in [2.45, 2.75) is 26.2 Å². The van der Waals surface area contributed by atoms with Crippen LogP contribution in [-0.2, 0) is 12.4 Å². The standard InChI is InChI=1S/C26H18F6N2/c1-15-3-4-18(22(11-15)26(30,31)32)6-8-20-14-23(33)19(13-24(20)34)7-5-17-9-10-21(12-16(17)2)25(27,28)29/h3-4,9-14H,33-34H2,1-2H3. The molecule has 0 spiro atoms. The highest BCUT2D eigenvalue weighted by Gasteiger charge is 2.33. The molecule has 0 saturated heterocycles. The second-order valence-electron chi connectivity index (χ2n) is 7.60. The Labute approximate surface area is 192 Å². The zero-order valence-corrected chi connectivity index (χ0v) is 18.0. The van der Waals surface area contributed by atoms with E-state index in [1.54, 1.807) is 6.92 Å². The summed E-state index contributed by atoms with van der Waals surface area (Å²) in [7, 11) is 0. The number of aryl methyl sites for hydroxylation is 2. The molecule has 0 amide bonds. The zero-order valence-electron chi connectivity index (χ0n) is 18.0. The molecule has 3 rings (SSSR count). The number of nitrogens with two attached hydrogens (primary N) is 2. The molecule has 0 heterocycles. The zero-order chi connectivity index (χ0) is 25.3. The largest absolute Gasteiger partial charge is 0.417 e. The molecule has 174 valence electrons. The first-order valence-corrected chi connectivity index (χ1v) is 9.84. The van der Waals surface area contributed by atoms with Crippen LogP contribution >= 0.6 is 0 Å². The Balaban J connectivity index is 1.94. The number of hydrogen-bond donors (Lipinski definition) is 2. The van der Waals surface area contributed by atoms with Crippen molar-refractivity contribution in [1.82, 2.24) is 0 Å². The summed E-state index contributed by atoms with van der Waals surface area (Å²) in [6.45, 7) is 3.06. The van der Waals surface area contributed by atoms with Crippen molar-refractivity contribution < 1.29 is 26.3 Å². The summed E-state index contributed by atoms with van der Waals surface area (Å²) in [5.74, 6) is 10.7. The second kappa shape index (κ2) is 9.07. The fraction of sp³-hybridized carbons (Fsp3) is 0.154. The fourth-order valence-electron chi connectivity index (χ4n) is 3.10. The molecule has 0 radical (unpaired) electrons. The SMILES string of the molecule is Cc1ccc(C#Cc2cc(N)c(C#Cc3ccc(C(F)(F)F)cc3C)cc2N)c(C(F)(F)F)c1. The number of halogens is 6. The van der Waals surface area contributed by atoms with Gasteiger partial charge >= 0.3 is 12.4 Å². The average molecular weight is 472 g/mol. The van der Waals surface area contributed by atoms with Crippen LogP contribution in [0.15, 0.2) is 48.5 Å². The van der Waals surface area contributed by atoms with E-state index in [9.17, 15) is 26.3 Å². The van der Waals surface area contributed by atoms with Gasteiger partial charge in [-0.05, 0) is 61.9 Å². The molecule has 2 nitrogen and oxygen atoms in total. The second-order valence-corrected chi connectivity index (χ2v) is 7.60. The number of benzene rings is 3. The molecule has 0 aliphatic heterocycles. The lowest BCUT2D eigenvalue weighted by Gasteiger charge is -2.10. The smallest absolute Gasteiger partial charge is 0.398 e. The Morgan fingerprint density at radius 3 is 1.59 bits per heavy atom. The van der Waals surface area contributed by atoms with Gasteiger partial charge < -0.3 is 11.5 Å². The number of alkyl halides is 6. The summed E-state index contributed by atoms with van der Waals surface area (Å²) in [6, 6.07) is 9.86. The van der Waals surface area contributed by atoms with Crippen LogP contribution in [-0.4, -0.2) is 0 Å². The Morgan fingerprint density at radius 2 is 1.09 bits per heavy atom. The van der Waals surface area contributed by atoms with E-state index in [0.717, 1.165) is 18.2 Å². The molecule has 0 unspecified atom stereocenters. The van der Waals surface area contributed by atoms with Gasteiger partial charge in [-0.3, -0.25) is 0 Å². The predicted octanol–water partition coefficient (Wildman–Crippen LogP) is 6.31. The van der Waals surface area contributed by atoms with Gasteiger partial charge in [0.15, 0.2) is 0 Å². The number of anilines is 2. The van der Waals surface area contributed by atoms with Gasteiger partial charge in [0.2, 0.25) is 0 Å². The van der Waals surface area contributed by atoms with Crippen LogP contribution in [0.1, 0.15) is 44.5 Å². The van der Waals surface area contributed by atoms with E-state index < -0.39 is 23.5 Å². The van der Waals surface area contributed by atoms with Crippen molar-refractivity contribution in [2.24, 2.45) is 0 Å². The molecule has 34 heavy (non-hydrogen) atoms. The van der Waals surface area contributed by atoms with E-state index in [4.69, 9.17) is 11.5 Å².